The topological polar surface area (TPSA) is 129 Å². The summed E-state index contributed by atoms with van der Waals surface area (Å²) in [6.07, 6.45) is 0.782. The highest BCUT2D eigenvalue weighted by molar-refractivity contribution is 5.83. The first-order chi connectivity index (χ1) is 18.6. The maximum Gasteiger partial charge on any atom is 0.330 e. The lowest BCUT2D eigenvalue weighted by atomic mass is 10.2. The van der Waals surface area contributed by atoms with Crippen LogP contribution in [0.25, 0.3) is 0 Å². The van der Waals surface area contributed by atoms with E-state index in [1.165, 1.54) is 25.2 Å². The second-order valence-electron chi connectivity index (χ2n) is 8.97. The molecule has 0 radical (unpaired) electrons. The Labute approximate surface area is 228 Å². The number of carboxylic acid groups (broad SMARTS) is 1. The number of aliphatic hydroxyl groups is 1. The van der Waals surface area contributed by atoms with Gasteiger partial charge in [0.15, 0.2) is 0 Å². The van der Waals surface area contributed by atoms with E-state index in [2.05, 4.69) is 0 Å². The smallest absolute Gasteiger partial charge is 0.330 e. The molecule has 9 nitrogen and oxygen atoms in total. The zero-order valence-electron chi connectivity index (χ0n) is 22.3. The fourth-order valence-corrected chi connectivity index (χ4v) is 3.40. The Morgan fingerprint density at radius 2 is 1.21 bits per heavy atom. The summed E-state index contributed by atoms with van der Waals surface area (Å²) in [7, 11) is 0. The van der Waals surface area contributed by atoms with Gasteiger partial charge in [0, 0.05) is 12.2 Å². The minimum Gasteiger partial charge on any atom is -0.481 e. The molecule has 0 heterocycles. The molecule has 0 unspecified atom stereocenters. The minimum absolute atomic E-state index is 0.190. The van der Waals surface area contributed by atoms with Crippen molar-refractivity contribution in [1.82, 2.24) is 0 Å². The lowest BCUT2D eigenvalue weighted by Crippen LogP contribution is -2.30. The van der Waals surface area contributed by atoms with E-state index in [4.69, 9.17) is 24.1 Å². The first-order valence-corrected chi connectivity index (χ1v) is 12.6. The van der Waals surface area contributed by atoms with Crippen LogP contribution in [0.4, 0.5) is 0 Å². The van der Waals surface area contributed by atoms with Gasteiger partial charge in [0.2, 0.25) is 0 Å². The second kappa shape index (κ2) is 16.9. The summed E-state index contributed by atoms with van der Waals surface area (Å²) in [4.78, 5) is 35.5. The van der Waals surface area contributed by atoms with E-state index in [1.807, 2.05) is 60.7 Å². The van der Waals surface area contributed by atoms with Crippen molar-refractivity contribution in [2.75, 3.05) is 0 Å². The van der Waals surface area contributed by atoms with Crippen LogP contribution in [0.5, 0.6) is 0 Å². The average Bonchev–Trinajstić information content (AvgIpc) is 2.89. The van der Waals surface area contributed by atoms with Gasteiger partial charge in [-0.3, -0.25) is 4.79 Å². The molecule has 0 saturated heterocycles. The number of ether oxygens (including phenoxy) is 4. The van der Waals surface area contributed by atoms with Gasteiger partial charge in [0.25, 0.3) is 0 Å². The van der Waals surface area contributed by atoms with Crippen molar-refractivity contribution in [1.29, 1.82) is 0 Å². The van der Waals surface area contributed by atoms with Gasteiger partial charge in [0.1, 0.15) is 24.4 Å². The zero-order valence-corrected chi connectivity index (χ0v) is 22.3. The maximum atomic E-state index is 12.5. The maximum absolute atomic E-state index is 12.5. The van der Waals surface area contributed by atoms with E-state index in [0.717, 1.165) is 17.2 Å². The van der Waals surface area contributed by atoms with Gasteiger partial charge in [-0.25, -0.2) is 9.59 Å². The molecule has 210 valence electrons. The van der Waals surface area contributed by atoms with Gasteiger partial charge in [-0.15, -0.1) is 0 Å². The number of rotatable bonds is 16. The summed E-state index contributed by atoms with van der Waals surface area (Å²) in [6, 6.07) is 18.8. The predicted molar refractivity (Wildman–Crippen MR) is 143 cm³/mol. The van der Waals surface area contributed by atoms with Crippen molar-refractivity contribution in [3.63, 3.8) is 0 Å². The summed E-state index contributed by atoms with van der Waals surface area (Å²) in [5.74, 6) is -2.51. The van der Waals surface area contributed by atoms with Gasteiger partial charge >= 0.3 is 17.9 Å². The third kappa shape index (κ3) is 13.0. The molecule has 0 amide bonds. The molecule has 0 spiro atoms. The molecule has 9 heteroatoms. The number of hydrogen-bond donors (Lipinski definition) is 2. The Morgan fingerprint density at radius 3 is 1.69 bits per heavy atom. The summed E-state index contributed by atoms with van der Waals surface area (Å²) < 4.78 is 22.2. The van der Waals surface area contributed by atoms with Crippen LogP contribution < -0.4 is 0 Å². The first-order valence-electron chi connectivity index (χ1n) is 12.6. The summed E-state index contributed by atoms with van der Waals surface area (Å²) in [5, 5.41) is 18.9. The second-order valence-corrected chi connectivity index (χ2v) is 8.97. The molecule has 0 aliphatic carbocycles. The molecule has 2 aromatic rings. The monoisotopic (exact) mass is 540 g/mol. The highest BCUT2D eigenvalue weighted by Crippen LogP contribution is 2.13. The lowest BCUT2D eigenvalue weighted by molar-refractivity contribution is -0.148. The molecule has 39 heavy (non-hydrogen) atoms. The SMILES string of the molecule is C[C@H](O)[C@@H](/C=C/C(=O)O[C@@H](C)[C@@H](/C=C/C(=O)O[C@@H](C)CC(=O)O)OCc1ccccc1)OCc1ccccc1. The number of hydrogen-bond acceptors (Lipinski definition) is 8. The number of aliphatic hydroxyl groups excluding tert-OH is 1. The van der Waals surface area contributed by atoms with Crippen LogP contribution in [0.1, 0.15) is 38.3 Å². The van der Waals surface area contributed by atoms with Crippen LogP contribution >= 0.6 is 0 Å². The Bertz CT molecular complexity index is 1080. The highest BCUT2D eigenvalue weighted by Gasteiger charge is 2.21. The molecule has 2 N–H and O–H groups in total. The third-order valence-corrected chi connectivity index (χ3v) is 5.43. The molecular weight excluding hydrogens is 504 g/mol. The van der Waals surface area contributed by atoms with E-state index >= 15 is 0 Å². The van der Waals surface area contributed by atoms with Crippen LogP contribution in [0.2, 0.25) is 0 Å². The average molecular weight is 541 g/mol. The van der Waals surface area contributed by atoms with E-state index < -0.39 is 48.4 Å². The fraction of sp³-hybridized carbons (Fsp3) is 0.367. The van der Waals surface area contributed by atoms with Gasteiger partial charge in [0.05, 0.1) is 25.7 Å². The number of carbonyl (C=O) groups is 3. The van der Waals surface area contributed by atoms with Crippen molar-refractivity contribution in [2.24, 2.45) is 0 Å². The highest BCUT2D eigenvalue weighted by atomic mass is 16.6. The number of aliphatic carboxylic acids is 1. The molecule has 0 bridgehead atoms. The van der Waals surface area contributed by atoms with Crippen molar-refractivity contribution in [3.8, 4) is 0 Å². The quantitative estimate of drug-likeness (QED) is 0.240. The van der Waals surface area contributed by atoms with Gasteiger partial charge < -0.3 is 29.2 Å². The fourth-order valence-electron chi connectivity index (χ4n) is 3.40. The summed E-state index contributed by atoms with van der Waals surface area (Å²) >= 11 is 0. The normalized spacial score (nSPS) is 15.4. The van der Waals surface area contributed by atoms with E-state index in [1.54, 1.807) is 13.8 Å². The van der Waals surface area contributed by atoms with Crippen molar-refractivity contribution in [3.05, 3.63) is 96.1 Å². The minimum atomic E-state index is -1.08. The number of esters is 2. The van der Waals surface area contributed by atoms with Crippen molar-refractivity contribution < 1.29 is 43.5 Å². The van der Waals surface area contributed by atoms with Crippen LogP contribution in [0.3, 0.4) is 0 Å². The molecule has 0 aliphatic rings. The Hall–Kier alpha value is -3.79. The van der Waals surface area contributed by atoms with E-state index in [-0.39, 0.29) is 19.6 Å². The van der Waals surface area contributed by atoms with Gasteiger partial charge in [-0.05, 0) is 44.1 Å². The molecular formula is C30H36O9. The molecule has 0 aliphatic heterocycles. The number of carboxylic acids is 1. The van der Waals surface area contributed by atoms with Crippen LogP contribution in [0.15, 0.2) is 85.0 Å². The zero-order chi connectivity index (χ0) is 28.6. The van der Waals surface area contributed by atoms with Gasteiger partial charge in [-0.2, -0.15) is 0 Å². The lowest BCUT2D eigenvalue weighted by Gasteiger charge is -2.22. The molecule has 5 atom stereocenters. The van der Waals surface area contributed by atoms with Crippen LogP contribution in [-0.2, 0) is 46.5 Å². The van der Waals surface area contributed by atoms with Gasteiger partial charge in [-0.1, -0.05) is 60.7 Å². The van der Waals surface area contributed by atoms with Crippen molar-refractivity contribution >= 4 is 17.9 Å². The largest absolute Gasteiger partial charge is 0.481 e. The standard InChI is InChI=1S/C30H36O9/c1-21(18-28(32)33)38-29(34)17-15-27(37-20-25-12-8-5-9-13-25)23(3)39-30(35)16-14-26(22(2)31)36-19-24-10-6-4-7-11-24/h4-17,21-23,26-27,31H,18-20H2,1-3H3,(H,32,33)/b16-14+,17-15+/t21-,22-,23-,26+,27+/m0/s1. The summed E-state index contributed by atoms with van der Waals surface area (Å²) in [5.41, 5.74) is 1.80. The first kappa shape index (κ1) is 31.4. The van der Waals surface area contributed by atoms with Crippen LogP contribution in [0, 0.1) is 0 Å². The Balaban J connectivity index is 2.01. The summed E-state index contributed by atoms with van der Waals surface area (Å²) in [6.45, 7) is 5.10. The Kier molecular flexibility index (Phi) is 13.6. The number of benzene rings is 2. The molecule has 2 aromatic carbocycles. The van der Waals surface area contributed by atoms with Crippen LogP contribution in [-0.4, -0.2) is 58.6 Å². The van der Waals surface area contributed by atoms with E-state index in [9.17, 15) is 19.5 Å². The molecule has 0 aromatic heterocycles. The molecule has 2 rings (SSSR count). The molecule has 0 fully saturated rings. The molecule has 0 saturated carbocycles. The number of carbonyl (C=O) groups excluding carboxylic acids is 2. The third-order valence-electron chi connectivity index (χ3n) is 5.43. The van der Waals surface area contributed by atoms with E-state index in [0.29, 0.717) is 0 Å². The van der Waals surface area contributed by atoms with Crippen molar-refractivity contribution in [2.45, 2.75) is 70.9 Å². The predicted octanol–water partition coefficient (Wildman–Crippen LogP) is 3.99. The Morgan fingerprint density at radius 1 is 0.744 bits per heavy atom.